The number of aliphatic hydroxyl groups excluding tert-OH is 1. The van der Waals surface area contributed by atoms with Crippen LogP contribution in [-0.2, 0) is 11.2 Å². The van der Waals surface area contributed by atoms with Crippen molar-refractivity contribution in [3.8, 4) is 17.2 Å². The second-order valence-corrected chi connectivity index (χ2v) is 8.06. The van der Waals surface area contributed by atoms with Gasteiger partial charge in [-0.15, -0.1) is 0 Å². The number of Topliss-reactive ketones (excluding diaryl/α,β-unsaturated/α-hetero) is 1. The van der Waals surface area contributed by atoms with Gasteiger partial charge in [0, 0.05) is 19.1 Å². The molecule has 1 atom stereocenters. The molecule has 2 aromatic rings. The molecule has 0 amide bonds. The van der Waals surface area contributed by atoms with E-state index in [0.717, 1.165) is 16.7 Å². The van der Waals surface area contributed by atoms with Crippen LogP contribution in [0.2, 0.25) is 0 Å². The highest BCUT2D eigenvalue weighted by Crippen LogP contribution is 2.43. The molecule has 1 aliphatic rings. The number of ketones is 1. The van der Waals surface area contributed by atoms with Gasteiger partial charge in [-0.25, -0.2) is 0 Å². The van der Waals surface area contributed by atoms with Crippen LogP contribution in [0, 0.1) is 20.8 Å². The Morgan fingerprint density at radius 3 is 2.40 bits per heavy atom. The van der Waals surface area contributed by atoms with Gasteiger partial charge in [-0.1, -0.05) is 12.1 Å². The number of carbonyl (C=O) groups excluding carboxylic acids is 2. The molecule has 0 spiro atoms. The highest BCUT2D eigenvalue weighted by molar-refractivity contribution is 6.03. The molecule has 2 aromatic carbocycles. The van der Waals surface area contributed by atoms with Crippen LogP contribution in [0.5, 0.6) is 17.2 Å². The van der Waals surface area contributed by atoms with E-state index in [0.29, 0.717) is 34.8 Å². The van der Waals surface area contributed by atoms with Crippen LogP contribution >= 0.6 is 0 Å². The van der Waals surface area contributed by atoms with Crippen LogP contribution in [0.15, 0.2) is 24.3 Å². The number of fused-ring (bicyclic) bond motifs is 1. The highest BCUT2D eigenvalue weighted by atomic mass is 16.5. The van der Waals surface area contributed by atoms with Crippen LogP contribution in [0.25, 0.3) is 0 Å². The van der Waals surface area contributed by atoms with Gasteiger partial charge in [0.1, 0.15) is 29.5 Å². The lowest BCUT2D eigenvalue weighted by atomic mass is 9.86. The molecule has 1 aliphatic heterocycles. The van der Waals surface area contributed by atoms with Gasteiger partial charge < -0.3 is 19.3 Å². The number of hydrogen-bond donors (Lipinski definition) is 1. The van der Waals surface area contributed by atoms with E-state index in [2.05, 4.69) is 0 Å². The number of esters is 1. The first-order valence-corrected chi connectivity index (χ1v) is 10.0. The number of carbonyl (C=O) groups is 2. The largest absolute Gasteiger partial charge is 0.489 e. The van der Waals surface area contributed by atoms with Gasteiger partial charge in [0.2, 0.25) is 0 Å². The van der Waals surface area contributed by atoms with Crippen molar-refractivity contribution < 1.29 is 28.9 Å². The predicted molar refractivity (Wildman–Crippen MR) is 113 cm³/mol. The van der Waals surface area contributed by atoms with Crippen LogP contribution < -0.4 is 14.2 Å². The summed E-state index contributed by atoms with van der Waals surface area (Å²) in [6.45, 7) is 9.00. The van der Waals surface area contributed by atoms with E-state index in [4.69, 9.17) is 19.3 Å². The lowest BCUT2D eigenvalue weighted by Crippen LogP contribution is -2.45. The quantitative estimate of drug-likeness (QED) is 0.573. The number of ether oxygens (including phenoxy) is 3. The zero-order chi connectivity index (χ0) is 22.1. The Morgan fingerprint density at radius 1 is 1.13 bits per heavy atom. The molecule has 1 N–H and O–H groups in total. The van der Waals surface area contributed by atoms with E-state index in [1.165, 1.54) is 6.92 Å². The third-order valence-electron chi connectivity index (χ3n) is 5.46. The van der Waals surface area contributed by atoms with E-state index in [-0.39, 0.29) is 25.4 Å². The number of hydrogen-bond acceptors (Lipinski definition) is 6. The number of rotatable bonds is 6. The van der Waals surface area contributed by atoms with Crippen LogP contribution in [0.4, 0.5) is 0 Å². The Kier molecular flexibility index (Phi) is 6.17. The average molecular weight is 412 g/mol. The van der Waals surface area contributed by atoms with Crippen LogP contribution in [-0.4, -0.2) is 35.7 Å². The van der Waals surface area contributed by atoms with Crippen molar-refractivity contribution >= 4 is 11.8 Å². The van der Waals surface area contributed by atoms with Gasteiger partial charge >= 0.3 is 5.97 Å². The van der Waals surface area contributed by atoms with Crippen molar-refractivity contribution in [1.82, 2.24) is 0 Å². The molecular weight excluding hydrogens is 384 g/mol. The summed E-state index contributed by atoms with van der Waals surface area (Å²) < 4.78 is 17.6. The molecule has 3 rings (SSSR count). The maximum atomic E-state index is 13.1. The first-order valence-electron chi connectivity index (χ1n) is 10.0. The van der Waals surface area contributed by atoms with Gasteiger partial charge in [-0.3, -0.25) is 9.59 Å². The molecule has 0 saturated heterocycles. The molecule has 1 heterocycles. The third kappa shape index (κ3) is 4.33. The second-order valence-electron chi connectivity index (χ2n) is 8.06. The summed E-state index contributed by atoms with van der Waals surface area (Å²) in [5.41, 5.74) is 2.86. The molecule has 160 valence electrons. The number of benzene rings is 2. The summed E-state index contributed by atoms with van der Waals surface area (Å²) in [5, 5.41) is 9.02. The van der Waals surface area contributed by atoms with E-state index >= 15 is 0 Å². The monoisotopic (exact) mass is 412 g/mol. The summed E-state index contributed by atoms with van der Waals surface area (Å²) in [7, 11) is 0. The Balaban J connectivity index is 1.85. The molecule has 0 radical (unpaired) electrons. The topological polar surface area (TPSA) is 82.1 Å². The first-order chi connectivity index (χ1) is 14.1. The van der Waals surface area contributed by atoms with Crippen molar-refractivity contribution in [2.24, 2.45) is 0 Å². The summed E-state index contributed by atoms with van der Waals surface area (Å²) in [5.74, 6) is 1.15. The molecule has 0 bridgehead atoms. The van der Waals surface area contributed by atoms with Crippen LogP contribution in [0.3, 0.4) is 0 Å². The smallest absolute Gasteiger partial charge is 0.308 e. The Hall–Kier alpha value is -2.86. The van der Waals surface area contributed by atoms with Gasteiger partial charge in [0.05, 0.1) is 12.0 Å². The van der Waals surface area contributed by atoms with Gasteiger partial charge in [-0.05, 0) is 62.9 Å². The SMILES string of the molecule is CC(=O)Oc1c(C)c(C)c2c(c1C)C(=O)CC(C)(COc1ccc(CCO)cc1)O2. The maximum absolute atomic E-state index is 13.1. The lowest BCUT2D eigenvalue weighted by Gasteiger charge is -2.36. The minimum atomic E-state index is -0.819. The molecule has 0 fully saturated rings. The van der Waals surface area contributed by atoms with Crippen molar-refractivity contribution in [2.75, 3.05) is 13.2 Å². The summed E-state index contributed by atoms with van der Waals surface area (Å²) in [6.07, 6.45) is 0.755. The average Bonchev–Trinajstić information content (AvgIpc) is 2.69. The van der Waals surface area contributed by atoms with E-state index < -0.39 is 11.6 Å². The Bertz CT molecular complexity index is 976. The lowest BCUT2D eigenvalue weighted by molar-refractivity contribution is -0.132. The van der Waals surface area contributed by atoms with E-state index in [1.807, 2.05) is 45.0 Å². The molecule has 6 heteroatoms. The molecular formula is C24H28O6. The molecule has 0 aliphatic carbocycles. The van der Waals surface area contributed by atoms with Crippen molar-refractivity contribution in [2.45, 2.75) is 53.1 Å². The minimum absolute atomic E-state index is 0.0605. The van der Waals surface area contributed by atoms with Gasteiger partial charge in [0.25, 0.3) is 0 Å². The summed E-state index contributed by atoms with van der Waals surface area (Å²) >= 11 is 0. The van der Waals surface area contributed by atoms with Crippen molar-refractivity contribution in [3.05, 3.63) is 52.1 Å². The zero-order valence-corrected chi connectivity index (χ0v) is 18.1. The van der Waals surface area contributed by atoms with Crippen molar-refractivity contribution in [3.63, 3.8) is 0 Å². The first kappa shape index (κ1) is 21.8. The standard InChI is InChI=1S/C24H28O6/c1-14-15(2)23-21(16(3)22(14)29-17(4)26)20(27)12-24(5,30-23)13-28-19-8-6-18(7-9-19)10-11-25/h6-9,25H,10-13H2,1-5H3. The minimum Gasteiger partial charge on any atom is -0.489 e. The van der Waals surface area contributed by atoms with Crippen molar-refractivity contribution in [1.29, 1.82) is 0 Å². The molecule has 1 unspecified atom stereocenters. The maximum Gasteiger partial charge on any atom is 0.308 e. The third-order valence-corrected chi connectivity index (χ3v) is 5.46. The summed E-state index contributed by atoms with van der Waals surface area (Å²) in [4.78, 5) is 24.5. The Morgan fingerprint density at radius 2 is 1.80 bits per heavy atom. The highest BCUT2D eigenvalue weighted by Gasteiger charge is 2.40. The molecule has 30 heavy (non-hydrogen) atoms. The molecule has 0 aromatic heterocycles. The fraction of sp³-hybridized carbons (Fsp3) is 0.417. The second kappa shape index (κ2) is 8.48. The zero-order valence-electron chi connectivity index (χ0n) is 18.1. The fourth-order valence-electron chi connectivity index (χ4n) is 3.76. The van der Waals surface area contributed by atoms with Gasteiger partial charge in [-0.2, -0.15) is 0 Å². The predicted octanol–water partition coefficient (Wildman–Crippen LogP) is 3.87. The summed E-state index contributed by atoms with van der Waals surface area (Å²) in [6, 6.07) is 7.50. The van der Waals surface area contributed by atoms with Crippen LogP contribution in [0.1, 0.15) is 52.9 Å². The van der Waals surface area contributed by atoms with E-state index in [9.17, 15) is 9.59 Å². The number of aliphatic hydroxyl groups is 1. The normalized spacial score (nSPS) is 17.9. The fourth-order valence-corrected chi connectivity index (χ4v) is 3.76. The van der Waals surface area contributed by atoms with Gasteiger partial charge in [0.15, 0.2) is 5.78 Å². The molecule has 6 nitrogen and oxygen atoms in total. The van der Waals surface area contributed by atoms with E-state index in [1.54, 1.807) is 6.92 Å². The Labute approximate surface area is 176 Å². The molecule has 0 saturated carbocycles.